The molecule has 0 radical (unpaired) electrons. The smallest absolute Gasteiger partial charge is 0.335 e. The number of carboxylic acid groups (broad SMARTS) is 1. The van der Waals surface area contributed by atoms with Crippen LogP contribution in [-0.4, -0.2) is 23.9 Å². The SMILES string of the molecule is CCOc1cc(C=Nc2ccc(CC)cc2)ccc1OCc1ccc(C(=O)O)cc1. The van der Waals surface area contributed by atoms with E-state index in [9.17, 15) is 4.79 Å². The van der Waals surface area contributed by atoms with Gasteiger partial charge in [0.05, 0.1) is 17.9 Å². The molecule has 1 N–H and O–H groups in total. The first-order chi connectivity index (χ1) is 14.6. The fraction of sp³-hybridized carbons (Fsp3) is 0.200. The Hall–Kier alpha value is -3.60. The van der Waals surface area contributed by atoms with E-state index in [1.165, 1.54) is 5.56 Å². The van der Waals surface area contributed by atoms with Gasteiger partial charge in [0.2, 0.25) is 0 Å². The number of carboxylic acids is 1. The molecule has 0 saturated carbocycles. The lowest BCUT2D eigenvalue weighted by molar-refractivity contribution is 0.0697. The van der Waals surface area contributed by atoms with Crippen LogP contribution in [0, 0.1) is 0 Å². The summed E-state index contributed by atoms with van der Waals surface area (Å²) in [6.07, 6.45) is 2.81. The predicted octanol–water partition coefficient (Wildman–Crippen LogP) is 5.68. The Kier molecular flexibility index (Phi) is 7.22. The molecule has 0 aromatic heterocycles. The second-order valence-electron chi connectivity index (χ2n) is 6.71. The first-order valence-corrected chi connectivity index (χ1v) is 9.94. The molecule has 0 aliphatic heterocycles. The van der Waals surface area contributed by atoms with Crippen LogP contribution < -0.4 is 9.47 Å². The number of aliphatic imine (C=N–C) groups is 1. The lowest BCUT2D eigenvalue weighted by Crippen LogP contribution is -2.01. The van der Waals surface area contributed by atoms with Crippen molar-refractivity contribution in [2.75, 3.05) is 6.61 Å². The van der Waals surface area contributed by atoms with Gasteiger partial charge in [0.1, 0.15) is 6.61 Å². The number of carbonyl (C=O) groups is 1. The van der Waals surface area contributed by atoms with E-state index < -0.39 is 5.97 Å². The molecule has 0 fully saturated rings. The van der Waals surface area contributed by atoms with Gasteiger partial charge in [-0.25, -0.2) is 4.79 Å². The molecule has 0 saturated heterocycles. The Morgan fingerprint density at radius 2 is 1.60 bits per heavy atom. The first kappa shape index (κ1) is 21.1. The zero-order valence-corrected chi connectivity index (χ0v) is 17.2. The van der Waals surface area contributed by atoms with E-state index in [2.05, 4.69) is 24.0 Å². The van der Waals surface area contributed by atoms with Crippen LogP contribution in [0.2, 0.25) is 0 Å². The molecule has 0 atom stereocenters. The van der Waals surface area contributed by atoms with Crippen LogP contribution in [0.4, 0.5) is 5.69 Å². The summed E-state index contributed by atoms with van der Waals surface area (Å²) in [5.74, 6) is 0.327. The molecular formula is C25H25NO4. The van der Waals surface area contributed by atoms with E-state index in [-0.39, 0.29) is 5.56 Å². The molecule has 3 aromatic rings. The minimum atomic E-state index is -0.945. The van der Waals surface area contributed by atoms with Crippen molar-refractivity contribution in [2.24, 2.45) is 4.99 Å². The number of benzene rings is 3. The summed E-state index contributed by atoms with van der Waals surface area (Å²) in [7, 11) is 0. The lowest BCUT2D eigenvalue weighted by Gasteiger charge is -2.13. The van der Waals surface area contributed by atoms with Crippen molar-refractivity contribution < 1.29 is 19.4 Å². The number of hydrogen-bond donors (Lipinski definition) is 1. The van der Waals surface area contributed by atoms with Gasteiger partial charge in [-0.1, -0.05) is 31.2 Å². The number of rotatable bonds is 9. The van der Waals surface area contributed by atoms with Gasteiger partial charge in [-0.15, -0.1) is 0 Å². The number of ether oxygens (including phenoxy) is 2. The maximum Gasteiger partial charge on any atom is 0.335 e. The Balaban J connectivity index is 1.70. The molecule has 30 heavy (non-hydrogen) atoms. The number of nitrogens with zero attached hydrogens (tertiary/aromatic N) is 1. The average Bonchev–Trinajstić information content (AvgIpc) is 2.78. The molecule has 3 rings (SSSR count). The second kappa shape index (κ2) is 10.3. The van der Waals surface area contributed by atoms with Crippen LogP contribution in [0.3, 0.4) is 0 Å². The Bertz CT molecular complexity index is 1010. The van der Waals surface area contributed by atoms with Gasteiger partial charge in [0.15, 0.2) is 11.5 Å². The zero-order valence-electron chi connectivity index (χ0n) is 17.2. The monoisotopic (exact) mass is 403 g/mol. The van der Waals surface area contributed by atoms with E-state index in [1.807, 2.05) is 37.3 Å². The molecule has 0 heterocycles. The Morgan fingerprint density at radius 3 is 2.23 bits per heavy atom. The van der Waals surface area contributed by atoms with Crippen LogP contribution in [0.25, 0.3) is 0 Å². The van der Waals surface area contributed by atoms with Crippen molar-refractivity contribution in [3.05, 3.63) is 89.0 Å². The van der Waals surface area contributed by atoms with Crippen LogP contribution in [0.15, 0.2) is 71.7 Å². The van der Waals surface area contributed by atoms with Gasteiger partial charge in [-0.3, -0.25) is 4.99 Å². The highest BCUT2D eigenvalue weighted by atomic mass is 16.5. The Morgan fingerprint density at radius 1 is 0.900 bits per heavy atom. The van der Waals surface area contributed by atoms with E-state index in [4.69, 9.17) is 14.6 Å². The van der Waals surface area contributed by atoms with Crippen molar-refractivity contribution in [3.8, 4) is 11.5 Å². The molecule has 154 valence electrons. The van der Waals surface area contributed by atoms with Crippen LogP contribution >= 0.6 is 0 Å². The highest BCUT2D eigenvalue weighted by Gasteiger charge is 2.07. The van der Waals surface area contributed by atoms with Crippen molar-refractivity contribution in [1.29, 1.82) is 0 Å². The summed E-state index contributed by atoms with van der Waals surface area (Å²) in [6, 6.07) is 20.5. The fourth-order valence-electron chi connectivity index (χ4n) is 2.86. The molecule has 0 bridgehead atoms. The maximum absolute atomic E-state index is 11.0. The highest BCUT2D eigenvalue weighted by molar-refractivity contribution is 5.87. The third-order valence-corrected chi connectivity index (χ3v) is 4.57. The first-order valence-electron chi connectivity index (χ1n) is 9.94. The minimum absolute atomic E-state index is 0.252. The van der Waals surface area contributed by atoms with Gasteiger partial charge >= 0.3 is 5.97 Å². The molecule has 0 amide bonds. The molecule has 0 spiro atoms. The summed E-state index contributed by atoms with van der Waals surface area (Å²) in [4.78, 5) is 15.5. The quantitative estimate of drug-likeness (QED) is 0.467. The summed E-state index contributed by atoms with van der Waals surface area (Å²) < 4.78 is 11.6. The highest BCUT2D eigenvalue weighted by Crippen LogP contribution is 2.29. The summed E-state index contributed by atoms with van der Waals surface area (Å²) in [5.41, 5.74) is 4.23. The van der Waals surface area contributed by atoms with Gasteiger partial charge in [0.25, 0.3) is 0 Å². The summed E-state index contributed by atoms with van der Waals surface area (Å²) in [5, 5.41) is 8.99. The topological polar surface area (TPSA) is 68.1 Å². The van der Waals surface area contributed by atoms with E-state index in [0.29, 0.717) is 24.7 Å². The number of hydrogen-bond acceptors (Lipinski definition) is 4. The molecule has 5 heteroatoms. The average molecular weight is 403 g/mol. The third kappa shape index (κ3) is 5.70. The van der Waals surface area contributed by atoms with Gasteiger partial charge < -0.3 is 14.6 Å². The zero-order chi connectivity index (χ0) is 21.3. The van der Waals surface area contributed by atoms with Gasteiger partial charge in [0, 0.05) is 6.21 Å². The van der Waals surface area contributed by atoms with Crippen molar-refractivity contribution in [2.45, 2.75) is 26.9 Å². The van der Waals surface area contributed by atoms with E-state index in [1.54, 1.807) is 30.5 Å². The van der Waals surface area contributed by atoms with E-state index in [0.717, 1.165) is 23.2 Å². The van der Waals surface area contributed by atoms with Crippen LogP contribution in [0.5, 0.6) is 11.5 Å². The van der Waals surface area contributed by atoms with Crippen LogP contribution in [-0.2, 0) is 13.0 Å². The normalized spacial score (nSPS) is 10.9. The van der Waals surface area contributed by atoms with Crippen molar-refractivity contribution in [1.82, 2.24) is 0 Å². The third-order valence-electron chi connectivity index (χ3n) is 4.57. The summed E-state index contributed by atoms with van der Waals surface area (Å²) in [6.45, 7) is 4.88. The maximum atomic E-state index is 11.0. The number of aromatic carboxylic acids is 1. The lowest BCUT2D eigenvalue weighted by atomic mass is 10.1. The fourth-order valence-corrected chi connectivity index (χ4v) is 2.86. The van der Waals surface area contributed by atoms with E-state index >= 15 is 0 Å². The van der Waals surface area contributed by atoms with Gasteiger partial charge in [-0.2, -0.15) is 0 Å². The minimum Gasteiger partial charge on any atom is -0.490 e. The predicted molar refractivity (Wildman–Crippen MR) is 118 cm³/mol. The van der Waals surface area contributed by atoms with Gasteiger partial charge in [-0.05, 0) is 72.5 Å². The molecule has 5 nitrogen and oxygen atoms in total. The van der Waals surface area contributed by atoms with Crippen molar-refractivity contribution >= 4 is 17.9 Å². The molecular weight excluding hydrogens is 378 g/mol. The molecule has 0 aliphatic rings. The summed E-state index contributed by atoms with van der Waals surface area (Å²) >= 11 is 0. The molecule has 3 aromatic carbocycles. The number of aryl methyl sites for hydroxylation is 1. The Labute approximate surface area is 176 Å². The molecule has 0 aliphatic carbocycles. The second-order valence-corrected chi connectivity index (χ2v) is 6.71. The van der Waals surface area contributed by atoms with Crippen molar-refractivity contribution in [3.63, 3.8) is 0 Å². The largest absolute Gasteiger partial charge is 0.490 e. The van der Waals surface area contributed by atoms with Crippen LogP contribution in [0.1, 0.15) is 40.9 Å². The standard InChI is InChI=1S/C25H25NO4/c1-3-18-7-12-22(13-8-18)26-16-20-9-14-23(24(15-20)29-4-2)30-17-19-5-10-21(11-6-19)25(27)28/h5-16H,3-4,17H2,1-2H3,(H,27,28). The molecule has 0 unspecified atom stereocenters.